The molecule has 0 aliphatic heterocycles. The van der Waals surface area contributed by atoms with Crippen molar-refractivity contribution in [3.05, 3.63) is 63.6 Å². The zero-order chi connectivity index (χ0) is 15.1. The van der Waals surface area contributed by atoms with Crippen LogP contribution in [0.5, 0.6) is 5.75 Å². The van der Waals surface area contributed by atoms with Crippen LogP contribution in [0.3, 0.4) is 0 Å². The molecular formula is C17H13Cl3O. The monoisotopic (exact) mass is 338 g/mol. The Balaban J connectivity index is 2.07. The van der Waals surface area contributed by atoms with Crippen LogP contribution in [0.4, 0.5) is 0 Å². The highest BCUT2D eigenvalue weighted by Gasteiger charge is 2.06. The number of alkyl halides is 1. The van der Waals surface area contributed by atoms with Gasteiger partial charge in [-0.2, -0.15) is 0 Å². The molecule has 21 heavy (non-hydrogen) atoms. The summed E-state index contributed by atoms with van der Waals surface area (Å²) >= 11 is 17.8. The van der Waals surface area contributed by atoms with Crippen LogP contribution in [0.1, 0.15) is 17.5 Å². The van der Waals surface area contributed by atoms with Crippen molar-refractivity contribution in [1.82, 2.24) is 0 Å². The highest BCUT2D eigenvalue weighted by atomic mass is 35.5. The van der Waals surface area contributed by atoms with Crippen LogP contribution in [0.2, 0.25) is 10.0 Å². The Morgan fingerprint density at radius 2 is 1.71 bits per heavy atom. The molecule has 0 radical (unpaired) electrons. The Kier molecular flexibility index (Phi) is 6.26. The lowest BCUT2D eigenvalue weighted by Crippen LogP contribution is -1.97. The predicted octanol–water partition coefficient (Wildman–Crippen LogP) is 5.55. The Bertz CT molecular complexity index is 651. The zero-order valence-corrected chi connectivity index (χ0v) is 13.5. The Morgan fingerprint density at radius 3 is 2.43 bits per heavy atom. The van der Waals surface area contributed by atoms with Crippen molar-refractivity contribution in [2.75, 3.05) is 5.88 Å². The van der Waals surface area contributed by atoms with E-state index in [0.717, 1.165) is 16.9 Å². The van der Waals surface area contributed by atoms with Crippen LogP contribution in [0.15, 0.2) is 42.5 Å². The van der Waals surface area contributed by atoms with Gasteiger partial charge in [-0.3, -0.25) is 0 Å². The lowest BCUT2D eigenvalue weighted by Gasteiger charge is -2.09. The first-order valence-corrected chi connectivity index (χ1v) is 7.70. The minimum atomic E-state index is 0.317. The molecule has 2 aromatic rings. The molecule has 0 fully saturated rings. The molecule has 0 saturated carbocycles. The lowest BCUT2D eigenvalue weighted by molar-refractivity contribution is 0.306. The van der Waals surface area contributed by atoms with Crippen LogP contribution in [-0.4, -0.2) is 5.88 Å². The molecule has 108 valence electrons. The molecular weight excluding hydrogens is 327 g/mol. The summed E-state index contributed by atoms with van der Waals surface area (Å²) in [5.74, 6) is 7.29. The highest BCUT2D eigenvalue weighted by molar-refractivity contribution is 6.35. The maximum atomic E-state index is 6.11. The van der Waals surface area contributed by atoms with Gasteiger partial charge in [-0.05, 0) is 30.3 Å². The number of benzene rings is 2. The summed E-state index contributed by atoms with van der Waals surface area (Å²) in [6.45, 7) is 0.317. The number of ether oxygens (including phenoxy) is 1. The van der Waals surface area contributed by atoms with Crippen molar-refractivity contribution in [3.8, 4) is 17.6 Å². The van der Waals surface area contributed by atoms with E-state index in [0.29, 0.717) is 29.0 Å². The van der Waals surface area contributed by atoms with Gasteiger partial charge in [0.1, 0.15) is 12.4 Å². The van der Waals surface area contributed by atoms with E-state index in [-0.39, 0.29) is 0 Å². The Morgan fingerprint density at radius 1 is 1.00 bits per heavy atom. The summed E-state index contributed by atoms with van der Waals surface area (Å²) in [5.41, 5.74) is 1.67. The minimum Gasteiger partial charge on any atom is -0.489 e. The molecule has 0 heterocycles. The quantitative estimate of drug-likeness (QED) is 0.524. The van der Waals surface area contributed by atoms with Crippen molar-refractivity contribution in [2.24, 2.45) is 0 Å². The molecule has 0 amide bonds. The van der Waals surface area contributed by atoms with E-state index in [2.05, 4.69) is 11.8 Å². The molecule has 0 spiro atoms. The van der Waals surface area contributed by atoms with Crippen molar-refractivity contribution in [2.45, 2.75) is 13.0 Å². The Labute approximate surface area is 139 Å². The van der Waals surface area contributed by atoms with Crippen molar-refractivity contribution in [3.63, 3.8) is 0 Å². The van der Waals surface area contributed by atoms with Crippen molar-refractivity contribution >= 4 is 34.8 Å². The topological polar surface area (TPSA) is 9.23 Å². The van der Waals surface area contributed by atoms with Gasteiger partial charge in [-0.25, -0.2) is 0 Å². The van der Waals surface area contributed by atoms with E-state index in [1.54, 1.807) is 18.2 Å². The molecule has 0 atom stereocenters. The molecule has 2 aromatic carbocycles. The van der Waals surface area contributed by atoms with Crippen LogP contribution < -0.4 is 4.74 Å². The molecule has 1 nitrogen and oxygen atoms in total. The highest BCUT2D eigenvalue weighted by Crippen LogP contribution is 2.26. The van der Waals surface area contributed by atoms with E-state index in [1.807, 2.05) is 24.3 Å². The Hall–Kier alpha value is -1.33. The predicted molar refractivity (Wildman–Crippen MR) is 89.5 cm³/mol. The van der Waals surface area contributed by atoms with E-state index in [1.165, 1.54) is 0 Å². The first-order valence-electron chi connectivity index (χ1n) is 6.41. The van der Waals surface area contributed by atoms with Gasteiger partial charge in [0.2, 0.25) is 0 Å². The maximum absolute atomic E-state index is 6.11. The third-order valence-electron chi connectivity index (χ3n) is 2.73. The average molecular weight is 340 g/mol. The fourth-order valence-corrected chi connectivity index (χ4v) is 2.30. The van der Waals surface area contributed by atoms with E-state index < -0.39 is 0 Å². The molecule has 0 unspecified atom stereocenters. The van der Waals surface area contributed by atoms with Crippen LogP contribution >= 0.6 is 34.8 Å². The fourth-order valence-electron chi connectivity index (χ4n) is 1.70. The van der Waals surface area contributed by atoms with Gasteiger partial charge in [0.15, 0.2) is 0 Å². The molecule has 0 bridgehead atoms. The van der Waals surface area contributed by atoms with E-state index >= 15 is 0 Å². The summed E-state index contributed by atoms with van der Waals surface area (Å²) in [6.07, 6.45) is 0.669. The second-order valence-electron chi connectivity index (χ2n) is 4.26. The third-order valence-corrected chi connectivity index (χ3v) is 3.63. The maximum Gasteiger partial charge on any atom is 0.121 e. The average Bonchev–Trinajstić information content (AvgIpc) is 2.47. The number of hydrogen-bond donors (Lipinski definition) is 0. The zero-order valence-electron chi connectivity index (χ0n) is 11.2. The first kappa shape index (κ1) is 16.0. The molecule has 2 rings (SSSR count). The summed E-state index contributed by atoms with van der Waals surface area (Å²) in [5, 5.41) is 1.20. The van der Waals surface area contributed by atoms with Gasteiger partial charge in [0.25, 0.3) is 0 Å². The van der Waals surface area contributed by atoms with E-state index in [9.17, 15) is 0 Å². The van der Waals surface area contributed by atoms with Crippen LogP contribution in [0.25, 0.3) is 0 Å². The first-order chi connectivity index (χ1) is 10.2. The van der Waals surface area contributed by atoms with Gasteiger partial charge in [-0.15, -0.1) is 11.6 Å². The van der Waals surface area contributed by atoms with Crippen molar-refractivity contribution in [1.29, 1.82) is 0 Å². The minimum absolute atomic E-state index is 0.317. The molecule has 0 aliphatic carbocycles. The van der Waals surface area contributed by atoms with Gasteiger partial charge in [0, 0.05) is 33.5 Å². The van der Waals surface area contributed by atoms with Crippen molar-refractivity contribution < 1.29 is 4.74 Å². The van der Waals surface area contributed by atoms with Gasteiger partial charge < -0.3 is 4.74 Å². The third kappa shape index (κ3) is 4.86. The number of rotatable bonds is 4. The number of halogens is 3. The van der Waals surface area contributed by atoms with Crippen LogP contribution in [-0.2, 0) is 6.61 Å². The summed E-state index contributed by atoms with van der Waals surface area (Å²) < 4.78 is 5.74. The van der Waals surface area contributed by atoms with Gasteiger partial charge in [0.05, 0.1) is 0 Å². The summed E-state index contributed by atoms with van der Waals surface area (Å²) in [7, 11) is 0. The smallest absolute Gasteiger partial charge is 0.121 e. The summed E-state index contributed by atoms with van der Waals surface area (Å²) in [6, 6.07) is 13.0. The normalized spacial score (nSPS) is 9.86. The molecule has 0 saturated heterocycles. The molecule has 0 N–H and O–H groups in total. The second-order valence-corrected chi connectivity index (χ2v) is 5.45. The van der Waals surface area contributed by atoms with E-state index in [4.69, 9.17) is 39.5 Å². The SMILES string of the molecule is ClCCC#Cc1cccc(OCc2c(Cl)cccc2Cl)c1. The molecule has 0 aliphatic rings. The van der Waals surface area contributed by atoms with Crippen LogP contribution in [0, 0.1) is 11.8 Å². The lowest BCUT2D eigenvalue weighted by atomic mass is 10.2. The second kappa shape index (κ2) is 8.20. The van der Waals surface area contributed by atoms with Gasteiger partial charge in [-0.1, -0.05) is 47.2 Å². The molecule has 4 heteroatoms. The number of hydrogen-bond acceptors (Lipinski definition) is 1. The molecule has 0 aromatic heterocycles. The summed E-state index contributed by atoms with van der Waals surface area (Å²) in [4.78, 5) is 0. The largest absolute Gasteiger partial charge is 0.489 e. The standard InChI is InChI=1S/C17H13Cl3O/c18-10-2-1-5-13-6-3-7-14(11-13)21-12-15-16(19)8-4-9-17(15)20/h3-4,6-9,11H,2,10,12H2. The fraction of sp³-hybridized carbons (Fsp3) is 0.176. The van der Waals surface area contributed by atoms with Gasteiger partial charge >= 0.3 is 0 Å².